The highest BCUT2D eigenvalue weighted by molar-refractivity contribution is 5.58. The van der Waals surface area contributed by atoms with Crippen LogP contribution < -0.4 is 5.32 Å². The number of non-ortho nitro benzene ring substituents is 1. The summed E-state index contributed by atoms with van der Waals surface area (Å²) >= 11 is 0. The molecule has 0 bridgehead atoms. The summed E-state index contributed by atoms with van der Waals surface area (Å²) in [6.45, 7) is 1.06. The summed E-state index contributed by atoms with van der Waals surface area (Å²) in [7, 11) is 4.14. The van der Waals surface area contributed by atoms with Gasteiger partial charge in [0.2, 0.25) is 0 Å². The Balaban J connectivity index is 2.04. The normalized spacial score (nSPS) is 18.3. The first-order valence-corrected chi connectivity index (χ1v) is 6.25. The molecule has 0 saturated heterocycles. The van der Waals surface area contributed by atoms with Crippen LogP contribution in [-0.2, 0) is 6.42 Å². The molecular formula is C13H19N3O2. The molecule has 0 fully saturated rings. The number of nitrogens with one attached hydrogen (secondary N) is 1. The third-order valence-corrected chi connectivity index (χ3v) is 3.35. The van der Waals surface area contributed by atoms with Crippen molar-refractivity contribution in [1.82, 2.24) is 4.90 Å². The van der Waals surface area contributed by atoms with Crippen molar-refractivity contribution >= 4 is 11.4 Å². The smallest absolute Gasteiger partial charge is 0.269 e. The van der Waals surface area contributed by atoms with E-state index >= 15 is 0 Å². The Kier molecular flexibility index (Phi) is 3.81. The minimum Gasteiger partial charge on any atom is -0.382 e. The lowest BCUT2D eigenvalue weighted by Gasteiger charge is -2.27. The van der Waals surface area contributed by atoms with E-state index in [0.717, 1.165) is 37.1 Å². The first-order chi connectivity index (χ1) is 8.56. The number of anilines is 1. The largest absolute Gasteiger partial charge is 0.382 e. The molecule has 0 aromatic heterocycles. The first kappa shape index (κ1) is 12.8. The minimum atomic E-state index is -0.335. The van der Waals surface area contributed by atoms with Crippen LogP contribution in [0.25, 0.3) is 0 Å². The van der Waals surface area contributed by atoms with Gasteiger partial charge in [0.25, 0.3) is 5.69 Å². The van der Waals surface area contributed by atoms with E-state index in [2.05, 4.69) is 24.3 Å². The molecule has 1 aliphatic heterocycles. The van der Waals surface area contributed by atoms with Gasteiger partial charge >= 0.3 is 0 Å². The highest BCUT2D eigenvalue weighted by atomic mass is 16.6. The predicted molar refractivity (Wildman–Crippen MR) is 72.0 cm³/mol. The number of hydrogen-bond donors (Lipinski definition) is 1. The topological polar surface area (TPSA) is 58.4 Å². The first-order valence-electron chi connectivity index (χ1n) is 6.25. The van der Waals surface area contributed by atoms with Crippen molar-refractivity contribution in [3.8, 4) is 0 Å². The van der Waals surface area contributed by atoms with Crippen molar-refractivity contribution < 1.29 is 4.92 Å². The van der Waals surface area contributed by atoms with E-state index in [-0.39, 0.29) is 10.6 Å². The standard InChI is InChI=1S/C13H19N3O2/c1-15(2)8-7-11-4-3-10-9-12(16(17)18)5-6-13(10)14-11/h5-6,9,11,14H,3-4,7-8H2,1-2H3. The second kappa shape index (κ2) is 5.35. The number of hydrogen-bond acceptors (Lipinski definition) is 4. The zero-order chi connectivity index (χ0) is 13.1. The lowest BCUT2D eigenvalue weighted by molar-refractivity contribution is -0.384. The predicted octanol–water partition coefficient (Wildman–Crippen LogP) is 2.27. The lowest BCUT2D eigenvalue weighted by Crippen LogP contribution is -2.29. The Bertz CT molecular complexity index is 446. The molecule has 18 heavy (non-hydrogen) atoms. The molecule has 5 nitrogen and oxygen atoms in total. The number of nitro benzene ring substituents is 1. The Morgan fingerprint density at radius 2 is 2.28 bits per heavy atom. The number of benzene rings is 1. The molecule has 1 aliphatic rings. The van der Waals surface area contributed by atoms with Gasteiger partial charge in [-0.25, -0.2) is 0 Å². The van der Waals surface area contributed by atoms with Gasteiger partial charge in [-0.2, -0.15) is 0 Å². The molecule has 1 N–H and O–H groups in total. The average molecular weight is 249 g/mol. The molecule has 0 aliphatic carbocycles. The van der Waals surface area contributed by atoms with E-state index in [1.807, 2.05) is 6.07 Å². The summed E-state index contributed by atoms with van der Waals surface area (Å²) in [6, 6.07) is 5.56. The van der Waals surface area contributed by atoms with Crippen LogP contribution in [0.5, 0.6) is 0 Å². The molecule has 2 rings (SSSR count). The monoisotopic (exact) mass is 249 g/mol. The van der Waals surface area contributed by atoms with Crippen LogP contribution in [0.15, 0.2) is 18.2 Å². The van der Waals surface area contributed by atoms with Crippen LogP contribution in [0.3, 0.4) is 0 Å². The summed E-state index contributed by atoms with van der Waals surface area (Å²) in [4.78, 5) is 12.5. The summed E-state index contributed by atoms with van der Waals surface area (Å²) < 4.78 is 0. The molecule has 1 aromatic carbocycles. The van der Waals surface area contributed by atoms with Crippen molar-refractivity contribution in [3.63, 3.8) is 0 Å². The van der Waals surface area contributed by atoms with Crippen LogP contribution in [0.2, 0.25) is 0 Å². The Morgan fingerprint density at radius 3 is 2.94 bits per heavy atom. The molecule has 1 aromatic rings. The fraction of sp³-hybridized carbons (Fsp3) is 0.538. The SMILES string of the molecule is CN(C)CCC1CCc2cc([N+](=O)[O-])ccc2N1. The van der Waals surface area contributed by atoms with E-state index in [0.29, 0.717) is 6.04 Å². The number of nitro groups is 1. The fourth-order valence-electron chi connectivity index (χ4n) is 2.29. The maximum atomic E-state index is 10.7. The molecular weight excluding hydrogens is 230 g/mol. The number of nitrogens with zero attached hydrogens (tertiary/aromatic N) is 2. The van der Waals surface area contributed by atoms with Crippen LogP contribution >= 0.6 is 0 Å². The van der Waals surface area contributed by atoms with Crippen LogP contribution in [0.1, 0.15) is 18.4 Å². The molecule has 0 spiro atoms. The van der Waals surface area contributed by atoms with Gasteiger partial charge in [0.05, 0.1) is 4.92 Å². The molecule has 98 valence electrons. The Labute approximate surface area is 107 Å². The van der Waals surface area contributed by atoms with Gasteiger partial charge in [0.1, 0.15) is 0 Å². The molecule has 1 atom stereocenters. The van der Waals surface area contributed by atoms with Gasteiger partial charge in [0.15, 0.2) is 0 Å². The van der Waals surface area contributed by atoms with Gasteiger partial charge in [-0.05, 0) is 51.5 Å². The summed E-state index contributed by atoms with van der Waals surface area (Å²) in [6.07, 6.45) is 3.06. The molecule has 1 heterocycles. The summed E-state index contributed by atoms with van der Waals surface area (Å²) in [5.74, 6) is 0. The van der Waals surface area contributed by atoms with Crippen molar-refractivity contribution in [3.05, 3.63) is 33.9 Å². The molecule has 1 unspecified atom stereocenters. The van der Waals surface area contributed by atoms with Crippen molar-refractivity contribution in [2.75, 3.05) is 26.0 Å². The lowest BCUT2D eigenvalue weighted by atomic mass is 9.96. The van der Waals surface area contributed by atoms with E-state index < -0.39 is 0 Å². The number of fused-ring (bicyclic) bond motifs is 1. The Hall–Kier alpha value is -1.62. The van der Waals surface area contributed by atoms with Gasteiger partial charge in [-0.15, -0.1) is 0 Å². The molecule has 0 saturated carbocycles. The maximum Gasteiger partial charge on any atom is 0.269 e. The van der Waals surface area contributed by atoms with Gasteiger partial charge in [-0.1, -0.05) is 0 Å². The minimum absolute atomic E-state index is 0.183. The zero-order valence-electron chi connectivity index (χ0n) is 10.8. The Morgan fingerprint density at radius 1 is 1.50 bits per heavy atom. The van der Waals surface area contributed by atoms with Gasteiger partial charge in [0, 0.05) is 23.9 Å². The molecule has 5 heteroatoms. The fourth-order valence-corrected chi connectivity index (χ4v) is 2.29. The van der Waals surface area contributed by atoms with Crippen LogP contribution in [-0.4, -0.2) is 36.5 Å². The van der Waals surface area contributed by atoms with E-state index in [1.54, 1.807) is 12.1 Å². The van der Waals surface area contributed by atoms with Crippen molar-refractivity contribution in [1.29, 1.82) is 0 Å². The molecule has 0 radical (unpaired) electrons. The third kappa shape index (κ3) is 2.98. The van der Waals surface area contributed by atoms with E-state index in [4.69, 9.17) is 0 Å². The van der Waals surface area contributed by atoms with Crippen LogP contribution in [0.4, 0.5) is 11.4 Å². The van der Waals surface area contributed by atoms with Gasteiger partial charge in [-0.3, -0.25) is 10.1 Å². The third-order valence-electron chi connectivity index (χ3n) is 3.35. The van der Waals surface area contributed by atoms with Gasteiger partial charge < -0.3 is 10.2 Å². The summed E-state index contributed by atoms with van der Waals surface area (Å²) in [5.41, 5.74) is 2.29. The second-order valence-corrected chi connectivity index (χ2v) is 5.07. The highest BCUT2D eigenvalue weighted by Gasteiger charge is 2.19. The second-order valence-electron chi connectivity index (χ2n) is 5.07. The molecule has 0 amide bonds. The zero-order valence-corrected chi connectivity index (χ0v) is 10.8. The average Bonchev–Trinajstić information content (AvgIpc) is 2.35. The van der Waals surface area contributed by atoms with Crippen LogP contribution in [0, 0.1) is 10.1 Å². The van der Waals surface area contributed by atoms with E-state index in [9.17, 15) is 10.1 Å². The maximum absolute atomic E-state index is 10.7. The highest BCUT2D eigenvalue weighted by Crippen LogP contribution is 2.29. The van der Waals surface area contributed by atoms with Crippen molar-refractivity contribution in [2.45, 2.75) is 25.3 Å². The van der Waals surface area contributed by atoms with E-state index in [1.165, 1.54) is 0 Å². The summed E-state index contributed by atoms with van der Waals surface area (Å²) in [5, 5.41) is 14.2. The quantitative estimate of drug-likeness (QED) is 0.657. The van der Waals surface area contributed by atoms with Crippen molar-refractivity contribution in [2.24, 2.45) is 0 Å². The number of aryl methyl sites for hydroxylation is 1. The number of rotatable bonds is 4.